The topological polar surface area (TPSA) is 120 Å². The van der Waals surface area contributed by atoms with Gasteiger partial charge in [-0.25, -0.2) is 32.5 Å². The van der Waals surface area contributed by atoms with E-state index >= 15 is 4.39 Å². The van der Waals surface area contributed by atoms with E-state index < -0.39 is 23.3 Å². The zero-order valence-electron chi connectivity index (χ0n) is 32.4. The molecule has 7 heterocycles. The Morgan fingerprint density at radius 2 is 1.17 bits per heavy atom. The van der Waals surface area contributed by atoms with E-state index in [1.807, 2.05) is 12.3 Å². The number of nitrogens with zero attached hydrogens (tertiary/aromatic N) is 7. The molecule has 5 aromatic heterocycles. The zero-order chi connectivity index (χ0) is 42.1. The molecule has 0 radical (unpaired) electrons. The van der Waals surface area contributed by atoms with E-state index in [4.69, 9.17) is 14.5 Å². The molecule has 0 bridgehead atoms. The number of anilines is 4. The second kappa shape index (κ2) is 17.2. The van der Waals surface area contributed by atoms with E-state index in [0.29, 0.717) is 78.1 Å². The highest BCUT2D eigenvalue weighted by atomic mass is 79.9. The molecule has 0 saturated carbocycles. The number of benzene rings is 2. The molecule has 17 heteroatoms. The number of aromatic nitrogens is 5. The van der Waals surface area contributed by atoms with Crippen molar-refractivity contribution in [2.75, 3.05) is 67.7 Å². The summed E-state index contributed by atoms with van der Waals surface area (Å²) >= 11 is 3.31. The molecule has 0 aliphatic carbocycles. The van der Waals surface area contributed by atoms with Crippen LogP contribution in [0.1, 0.15) is 11.1 Å². The summed E-state index contributed by atoms with van der Waals surface area (Å²) < 4.78 is 71.2. The van der Waals surface area contributed by atoms with Crippen LogP contribution in [0, 0.1) is 37.1 Å². The zero-order valence-corrected chi connectivity index (χ0v) is 34.0. The lowest BCUT2D eigenvalue weighted by Gasteiger charge is -2.32. The third-order valence-corrected chi connectivity index (χ3v) is 11.3. The van der Waals surface area contributed by atoms with Gasteiger partial charge in [-0.05, 0) is 48.0 Å². The first kappa shape index (κ1) is 40.6. The fourth-order valence-electron chi connectivity index (χ4n) is 7.27. The Hall–Kier alpha value is -6.17. The second-order valence-electron chi connectivity index (χ2n) is 14.1. The van der Waals surface area contributed by atoms with Crippen LogP contribution in [0.4, 0.5) is 40.4 Å². The number of fused-ring (bicyclic) bond motifs is 2. The molecule has 2 aromatic carbocycles. The maximum absolute atomic E-state index is 15.4. The van der Waals surface area contributed by atoms with Crippen molar-refractivity contribution in [2.45, 2.75) is 13.8 Å². The van der Waals surface area contributed by atoms with E-state index in [2.05, 4.69) is 41.0 Å². The monoisotopic (exact) mass is 884 g/mol. The summed E-state index contributed by atoms with van der Waals surface area (Å²) in [6.45, 7) is 8.61. The summed E-state index contributed by atoms with van der Waals surface area (Å²) in [5.74, 6) is -1.59. The van der Waals surface area contributed by atoms with Crippen molar-refractivity contribution in [3.63, 3.8) is 0 Å². The minimum atomic E-state index is -0.751. The maximum atomic E-state index is 15.4. The average molecular weight is 886 g/mol. The van der Waals surface area contributed by atoms with Gasteiger partial charge in [-0.2, -0.15) is 0 Å². The van der Waals surface area contributed by atoms with Gasteiger partial charge in [0.25, 0.3) is 11.1 Å². The van der Waals surface area contributed by atoms with Crippen molar-refractivity contribution >= 4 is 60.6 Å². The highest BCUT2D eigenvalue weighted by molar-refractivity contribution is 9.10. The van der Waals surface area contributed by atoms with Gasteiger partial charge in [-0.1, -0.05) is 12.1 Å². The van der Waals surface area contributed by atoms with Crippen LogP contribution < -0.4 is 26.2 Å². The van der Waals surface area contributed by atoms with Gasteiger partial charge in [-0.3, -0.25) is 18.7 Å². The van der Waals surface area contributed by atoms with Gasteiger partial charge in [0.2, 0.25) is 0 Å². The Morgan fingerprint density at radius 1 is 0.650 bits per heavy atom. The molecular weight excluding hydrogens is 848 g/mol. The van der Waals surface area contributed by atoms with E-state index in [0.717, 1.165) is 37.0 Å². The van der Waals surface area contributed by atoms with Crippen molar-refractivity contribution in [2.24, 2.45) is 0 Å². The Morgan fingerprint density at radius 3 is 1.73 bits per heavy atom. The minimum absolute atomic E-state index is 0.0940. The third-order valence-electron chi connectivity index (χ3n) is 10.3. The molecule has 1 N–H and O–H groups in total. The number of pyridine rings is 5. The van der Waals surface area contributed by atoms with Gasteiger partial charge in [-0.15, -0.1) is 0 Å². The number of halogens is 5. The van der Waals surface area contributed by atoms with Crippen LogP contribution in [-0.2, 0) is 9.47 Å². The molecule has 2 saturated heterocycles. The largest absolute Gasteiger partial charge is 0.378 e. The first-order valence-corrected chi connectivity index (χ1v) is 19.8. The lowest BCUT2D eigenvalue weighted by atomic mass is 10.1. The normalized spacial score (nSPS) is 14.3. The quantitative estimate of drug-likeness (QED) is 0.168. The number of morpholine rings is 2. The second-order valence-corrected chi connectivity index (χ2v) is 14.9. The van der Waals surface area contributed by atoms with Gasteiger partial charge in [0, 0.05) is 90.6 Å². The van der Waals surface area contributed by atoms with Crippen LogP contribution in [0.2, 0.25) is 0 Å². The highest BCUT2D eigenvalue weighted by Crippen LogP contribution is 2.38. The van der Waals surface area contributed by atoms with E-state index in [-0.39, 0.29) is 38.7 Å². The standard InChI is InChI=1S/C28H28F2N6O3.C15H9BrF2N2O/c1-18-26(25-21(30)14-19(29)15-22(25)33-27(18)36-5-3-2-4-24(36)37)32-23-16-20(34-6-10-38-11-7-34)17-31-28(23)35-8-12-39-13-9-35;1-8-14(16)13-10(18)6-9(17)7-11(13)19-15(8)20-5-3-2-4-12(20)21/h2-5,14-17H,6-13H2,1H3,(H,32,33);2-7H,1H3. The molecule has 9 rings (SSSR count). The first-order valence-electron chi connectivity index (χ1n) is 19.0. The predicted molar refractivity (Wildman–Crippen MR) is 225 cm³/mol. The molecule has 0 atom stereocenters. The number of hydrogen-bond donors (Lipinski definition) is 1. The van der Waals surface area contributed by atoms with Gasteiger partial charge in [0.05, 0.1) is 71.5 Å². The Labute approximate surface area is 348 Å². The van der Waals surface area contributed by atoms with E-state index in [1.165, 1.54) is 27.3 Å². The average Bonchev–Trinajstić information content (AvgIpc) is 3.24. The van der Waals surface area contributed by atoms with Crippen LogP contribution in [0.3, 0.4) is 0 Å². The minimum Gasteiger partial charge on any atom is -0.378 e. The van der Waals surface area contributed by atoms with E-state index in [9.17, 15) is 22.8 Å². The fourth-order valence-corrected chi connectivity index (χ4v) is 7.84. The maximum Gasteiger partial charge on any atom is 0.256 e. The SMILES string of the molecule is Cc1c(-n2ccccc2=O)nc2cc(F)cc(F)c2c1Br.Cc1c(-n2ccccc2=O)nc2cc(F)cc(F)c2c1Nc1cc(N2CCOCC2)cnc1N1CCOCC1. The van der Waals surface area contributed by atoms with Crippen molar-refractivity contribution in [1.29, 1.82) is 0 Å². The van der Waals surface area contributed by atoms with Crippen LogP contribution >= 0.6 is 15.9 Å². The number of nitrogens with one attached hydrogen (secondary N) is 1. The summed E-state index contributed by atoms with van der Waals surface area (Å²) in [7, 11) is 0. The fraction of sp³-hybridized carbons (Fsp3) is 0.233. The van der Waals surface area contributed by atoms with Crippen LogP contribution in [-0.4, -0.2) is 76.7 Å². The molecular formula is C43H37BrF4N8O4. The van der Waals surface area contributed by atoms with Crippen molar-refractivity contribution < 1.29 is 27.0 Å². The Balaban J connectivity index is 0.000000200. The van der Waals surface area contributed by atoms with E-state index in [1.54, 1.807) is 50.5 Å². The first-order chi connectivity index (χ1) is 29.0. The number of hydrogen-bond acceptors (Lipinski definition) is 10. The van der Waals surface area contributed by atoms with Crippen LogP contribution in [0.25, 0.3) is 33.4 Å². The van der Waals surface area contributed by atoms with Crippen molar-refractivity contribution in [1.82, 2.24) is 24.1 Å². The molecule has 0 unspecified atom stereocenters. The van der Waals surface area contributed by atoms with Crippen LogP contribution in [0.5, 0.6) is 0 Å². The third kappa shape index (κ3) is 8.07. The molecule has 60 heavy (non-hydrogen) atoms. The number of rotatable bonds is 6. The summed E-state index contributed by atoms with van der Waals surface area (Å²) in [6.07, 6.45) is 4.98. The van der Waals surface area contributed by atoms with Gasteiger partial charge >= 0.3 is 0 Å². The van der Waals surface area contributed by atoms with Gasteiger partial charge in [0.1, 0.15) is 34.9 Å². The van der Waals surface area contributed by atoms with Gasteiger partial charge < -0.3 is 24.6 Å². The Kier molecular flexibility index (Phi) is 11.6. The molecule has 0 spiro atoms. The number of ether oxygens (including phenoxy) is 2. The van der Waals surface area contributed by atoms with Crippen molar-refractivity contribution in [3.8, 4) is 11.6 Å². The highest BCUT2D eigenvalue weighted by Gasteiger charge is 2.24. The Bertz CT molecular complexity index is 2880. The summed E-state index contributed by atoms with van der Waals surface area (Å²) in [6, 6.07) is 15.4. The molecule has 7 aromatic rings. The smallest absolute Gasteiger partial charge is 0.256 e. The van der Waals surface area contributed by atoms with Crippen LogP contribution in [0.15, 0.2) is 99.4 Å². The van der Waals surface area contributed by atoms with Gasteiger partial charge in [0.15, 0.2) is 5.82 Å². The molecule has 308 valence electrons. The summed E-state index contributed by atoms with van der Waals surface area (Å²) in [5, 5.41) is 3.76. The van der Waals surface area contributed by atoms with Crippen molar-refractivity contribution in [3.05, 3.63) is 145 Å². The molecule has 2 fully saturated rings. The predicted octanol–water partition coefficient (Wildman–Crippen LogP) is 7.52. The molecule has 12 nitrogen and oxygen atoms in total. The molecule has 2 aliphatic heterocycles. The summed E-state index contributed by atoms with van der Waals surface area (Å²) in [4.78, 5) is 42.5. The lowest BCUT2D eigenvalue weighted by molar-refractivity contribution is 0.122. The lowest BCUT2D eigenvalue weighted by Crippen LogP contribution is -2.38. The summed E-state index contributed by atoms with van der Waals surface area (Å²) in [5.41, 5.74) is 2.75. The molecule has 0 amide bonds. The molecule has 2 aliphatic rings.